The van der Waals surface area contributed by atoms with E-state index >= 15 is 0 Å². The van der Waals surface area contributed by atoms with E-state index in [1.54, 1.807) is 0 Å². The molecule has 0 aromatic carbocycles. The van der Waals surface area contributed by atoms with Crippen LogP contribution < -0.4 is 0 Å². The van der Waals surface area contributed by atoms with Gasteiger partial charge in [-0.1, -0.05) is 137 Å². The van der Waals surface area contributed by atoms with Gasteiger partial charge in [0, 0.05) is 0 Å². The van der Waals surface area contributed by atoms with E-state index in [0.29, 0.717) is 12.8 Å². The number of Topliss-reactive ketones (excluding diaryl/α,β-unsaturated/α-hetero) is 1. The van der Waals surface area contributed by atoms with E-state index in [2.05, 4.69) is 121 Å². The Balaban J connectivity index is 3.99. The van der Waals surface area contributed by atoms with Crippen LogP contribution in [0.15, 0.2) is 97.2 Å². The minimum absolute atomic E-state index is 0.0650. The molecule has 0 atom stereocenters. The van der Waals surface area contributed by atoms with Crippen molar-refractivity contribution in [1.82, 2.24) is 0 Å². The van der Waals surface area contributed by atoms with Crippen molar-refractivity contribution in [1.29, 1.82) is 0 Å². The zero-order chi connectivity index (χ0) is 35.0. The lowest BCUT2D eigenvalue weighted by Gasteiger charge is -1.96. The van der Waals surface area contributed by atoms with Gasteiger partial charge in [0.1, 0.15) is 0 Å². The van der Waals surface area contributed by atoms with Gasteiger partial charge in [0.15, 0.2) is 0 Å². The number of hydrogen-bond acceptors (Lipinski definition) is 1. The van der Waals surface area contributed by atoms with Gasteiger partial charge in [-0.15, -0.1) is 0 Å². The fourth-order valence-electron chi connectivity index (χ4n) is 4.82. The molecule has 264 valence electrons. The molecule has 5 nitrogen and oxygen atoms in total. The van der Waals surface area contributed by atoms with E-state index in [4.69, 9.17) is 0 Å². The summed E-state index contributed by atoms with van der Waals surface area (Å²) in [6.45, 7) is 4.47. The zero-order valence-electron chi connectivity index (χ0n) is 30.5. The Kier molecular flexibility index (Phi) is 34.9. The van der Waals surface area contributed by atoms with Gasteiger partial charge in [0.25, 0.3) is 0 Å². The summed E-state index contributed by atoms with van der Waals surface area (Å²) >= 11 is 0. The van der Waals surface area contributed by atoms with Crippen molar-refractivity contribution in [2.75, 3.05) is 0 Å². The van der Waals surface area contributed by atoms with Gasteiger partial charge >= 0.3 is 17.2 Å². The molecule has 0 heterocycles. The van der Waals surface area contributed by atoms with Gasteiger partial charge in [-0.2, -0.15) is 9.58 Å². The summed E-state index contributed by atoms with van der Waals surface area (Å²) in [6.07, 6.45) is 57.0. The second-order valence-electron chi connectivity index (χ2n) is 12.1. The number of carbonyl (C=O) groups excluding carboxylic acids is 1. The molecule has 0 aromatic heterocycles. The molecule has 0 aliphatic heterocycles. The fourth-order valence-corrected chi connectivity index (χ4v) is 4.82. The number of nitrogens with zero attached hydrogens (tertiary/aromatic N) is 4. The molecule has 0 amide bonds. The Labute approximate surface area is 294 Å². The first-order chi connectivity index (χ1) is 23.7. The van der Waals surface area contributed by atoms with Crippen molar-refractivity contribution in [3.05, 3.63) is 108 Å². The Morgan fingerprint density at radius 3 is 0.896 bits per heavy atom. The Hall–Kier alpha value is -3.65. The monoisotopic (exact) mass is 655 g/mol. The van der Waals surface area contributed by atoms with Crippen molar-refractivity contribution >= 4 is 17.2 Å². The van der Waals surface area contributed by atoms with Crippen LogP contribution in [0.4, 0.5) is 0 Å². The highest BCUT2D eigenvalue weighted by Gasteiger charge is 2.31. The molecule has 0 N–H and O–H groups in total. The second-order valence-corrected chi connectivity index (χ2v) is 12.1. The lowest BCUT2D eigenvalue weighted by Crippen LogP contribution is -2.25. The summed E-state index contributed by atoms with van der Waals surface area (Å²) < 4.78 is 0. The van der Waals surface area contributed by atoms with Crippen LogP contribution in [0.25, 0.3) is 11.1 Å². The SMILES string of the molecule is CCCCCC=CCC=CCC=CCC=CCCCCC(=[N+]=[N-])C(=O)C(CCCCC=CCC=CCC=CCC=CCCCCC)=[N+]=[N-]. The molecule has 0 unspecified atom stereocenters. The Morgan fingerprint density at radius 1 is 0.396 bits per heavy atom. The smallest absolute Gasteiger partial charge is 0.346 e. The van der Waals surface area contributed by atoms with Gasteiger partial charge in [-0.05, 0) is 103 Å². The summed E-state index contributed by atoms with van der Waals surface area (Å²) in [5.41, 5.74) is 18.9. The van der Waals surface area contributed by atoms with E-state index < -0.39 is 5.78 Å². The van der Waals surface area contributed by atoms with E-state index in [1.165, 1.54) is 51.4 Å². The molecule has 48 heavy (non-hydrogen) atoms. The lowest BCUT2D eigenvalue weighted by molar-refractivity contribution is -0.116. The second kappa shape index (κ2) is 37.8. The van der Waals surface area contributed by atoms with Gasteiger partial charge in [0.05, 0.1) is 12.8 Å². The molecule has 5 heteroatoms. The zero-order valence-corrected chi connectivity index (χ0v) is 30.5. The van der Waals surface area contributed by atoms with E-state index in [1.807, 2.05) is 0 Å². The van der Waals surface area contributed by atoms with Crippen LogP contribution in [0.2, 0.25) is 0 Å². The lowest BCUT2D eigenvalue weighted by atomic mass is 10.0. The quantitative estimate of drug-likeness (QED) is 0.0233. The van der Waals surface area contributed by atoms with Crippen molar-refractivity contribution in [3.63, 3.8) is 0 Å². The van der Waals surface area contributed by atoms with Crippen LogP contribution in [-0.4, -0.2) is 26.8 Å². The summed E-state index contributed by atoms with van der Waals surface area (Å²) in [5, 5.41) is 0. The van der Waals surface area contributed by atoms with Crippen molar-refractivity contribution in [2.45, 2.75) is 155 Å². The molecule has 0 bridgehead atoms. The number of rotatable bonds is 32. The van der Waals surface area contributed by atoms with Crippen LogP contribution >= 0.6 is 0 Å². The third-order valence-corrected chi connectivity index (χ3v) is 7.75. The molecule has 0 aliphatic rings. The van der Waals surface area contributed by atoms with Gasteiger partial charge < -0.3 is 11.1 Å². The molecule has 0 saturated carbocycles. The minimum atomic E-state index is -0.463. The topological polar surface area (TPSA) is 89.9 Å². The molecule has 0 spiro atoms. The average molecular weight is 655 g/mol. The van der Waals surface area contributed by atoms with E-state index in [0.717, 1.165) is 77.0 Å². The third-order valence-electron chi connectivity index (χ3n) is 7.75. The number of carbonyl (C=O) groups is 1. The molecule has 0 aliphatic carbocycles. The van der Waals surface area contributed by atoms with Crippen LogP contribution in [0.5, 0.6) is 0 Å². The van der Waals surface area contributed by atoms with E-state index in [9.17, 15) is 15.9 Å². The first kappa shape index (κ1) is 44.4. The normalized spacial score (nSPS) is 12.4. The summed E-state index contributed by atoms with van der Waals surface area (Å²) in [7, 11) is 0. The van der Waals surface area contributed by atoms with Gasteiger partial charge in [-0.3, -0.25) is 4.79 Å². The standard InChI is InChI=1S/C43H66N4O/c1-3-5-7-9-11-13-15-17-19-21-23-25-27-29-31-33-35-37-39-41(46-44)43(48)42(47-45)40-38-36-34-32-30-28-26-24-22-20-18-16-14-12-10-8-6-4-2/h11-14,17-20,23-26,29-32H,3-10,15-16,21-22,27-28,33-40H2,1-2H3. The number of allylic oxidation sites excluding steroid dienone is 16. The summed E-state index contributed by atoms with van der Waals surface area (Å²) in [6, 6.07) is 0. The highest BCUT2D eigenvalue weighted by Crippen LogP contribution is 2.08. The van der Waals surface area contributed by atoms with Crippen LogP contribution in [0.1, 0.15) is 155 Å². The maximum absolute atomic E-state index is 12.7. The van der Waals surface area contributed by atoms with Crippen LogP contribution in [0, 0.1) is 0 Å². The molecule has 0 aromatic rings. The number of unbranched alkanes of at least 4 members (excludes halogenated alkanes) is 10. The molecule has 0 rings (SSSR count). The number of ketones is 1. The van der Waals surface area contributed by atoms with Crippen LogP contribution in [0.3, 0.4) is 0 Å². The largest absolute Gasteiger partial charge is 0.361 e. The highest BCUT2D eigenvalue weighted by molar-refractivity contribution is 6.64. The van der Waals surface area contributed by atoms with Gasteiger partial charge in [-0.25, -0.2) is 0 Å². The highest BCUT2D eigenvalue weighted by atomic mass is 16.1. The van der Waals surface area contributed by atoms with Crippen molar-refractivity contribution < 1.29 is 14.4 Å². The maximum atomic E-state index is 12.7. The number of hydrogen-bond donors (Lipinski definition) is 0. The predicted molar refractivity (Wildman–Crippen MR) is 208 cm³/mol. The average Bonchev–Trinajstić information content (AvgIpc) is 3.10. The minimum Gasteiger partial charge on any atom is -0.361 e. The molecular formula is C43H66N4O. The van der Waals surface area contributed by atoms with Crippen molar-refractivity contribution in [3.8, 4) is 0 Å². The van der Waals surface area contributed by atoms with Crippen molar-refractivity contribution in [2.24, 2.45) is 0 Å². The molecule has 0 saturated heterocycles. The predicted octanol–water partition coefficient (Wildman–Crippen LogP) is 13.0. The Bertz CT molecular complexity index is 1050. The first-order valence-electron chi connectivity index (χ1n) is 18.9. The van der Waals surface area contributed by atoms with Crippen LogP contribution in [-0.2, 0) is 4.79 Å². The summed E-state index contributed by atoms with van der Waals surface area (Å²) in [5.74, 6) is -0.463. The maximum Gasteiger partial charge on any atom is 0.346 e. The summed E-state index contributed by atoms with van der Waals surface area (Å²) in [4.78, 5) is 19.1. The van der Waals surface area contributed by atoms with E-state index in [-0.39, 0.29) is 11.4 Å². The molecular weight excluding hydrogens is 589 g/mol. The third kappa shape index (κ3) is 31.0. The first-order valence-corrected chi connectivity index (χ1v) is 18.9. The fraction of sp³-hybridized carbons (Fsp3) is 0.558. The Morgan fingerprint density at radius 2 is 0.646 bits per heavy atom. The molecule has 0 radical (unpaired) electrons. The van der Waals surface area contributed by atoms with Gasteiger partial charge in [0.2, 0.25) is 0 Å². The molecule has 0 fully saturated rings.